The molecule has 2 aromatic carbocycles. The smallest absolute Gasteiger partial charge is 0.234 e. The molecule has 0 atom stereocenters. The molecule has 0 aliphatic heterocycles. The average molecular weight is 446 g/mol. The summed E-state index contributed by atoms with van der Waals surface area (Å²) in [5, 5.41) is 12.4. The topological polar surface area (TPSA) is 81.9 Å². The second kappa shape index (κ2) is 9.65. The van der Waals surface area contributed by atoms with Gasteiger partial charge in [-0.3, -0.25) is 14.3 Å². The fourth-order valence-electron chi connectivity index (χ4n) is 3.29. The molecule has 162 valence electrons. The van der Waals surface area contributed by atoms with E-state index in [1.54, 1.807) is 19.5 Å². The summed E-state index contributed by atoms with van der Waals surface area (Å²) in [4.78, 5) is 16.7. The van der Waals surface area contributed by atoms with Gasteiger partial charge in [0.1, 0.15) is 5.75 Å². The van der Waals surface area contributed by atoms with Crippen LogP contribution >= 0.6 is 11.8 Å². The van der Waals surface area contributed by atoms with Crippen molar-refractivity contribution in [1.29, 1.82) is 0 Å². The van der Waals surface area contributed by atoms with E-state index in [9.17, 15) is 4.79 Å². The molecular weight excluding hydrogens is 422 g/mol. The van der Waals surface area contributed by atoms with E-state index in [4.69, 9.17) is 4.74 Å². The summed E-state index contributed by atoms with van der Waals surface area (Å²) in [6.07, 6.45) is 3.43. The van der Waals surface area contributed by atoms with Crippen molar-refractivity contribution < 1.29 is 9.53 Å². The first kappa shape index (κ1) is 21.6. The third-order valence-electron chi connectivity index (χ3n) is 4.89. The molecule has 2 heterocycles. The van der Waals surface area contributed by atoms with E-state index in [0.29, 0.717) is 11.0 Å². The monoisotopic (exact) mass is 445 g/mol. The largest absolute Gasteiger partial charge is 0.497 e. The number of nitrogens with zero attached hydrogens (tertiary/aromatic N) is 4. The van der Waals surface area contributed by atoms with Crippen LogP contribution in [0.3, 0.4) is 0 Å². The number of rotatable bonds is 7. The molecule has 0 fully saturated rings. The molecule has 4 rings (SSSR count). The fourth-order valence-corrected chi connectivity index (χ4v) is 4.04. The Hall–Kier alpha value is -3.65. The normalized spacial score (nSPS) is 10.7. The molecule has 2 aromatic heterocycles. The second-order valence-corrected chi connectivity index (χ2v) is 8.17. The van der Waals surface area contributed by atoms with Crippen molar-refractivity contribution in [2.75, 3.05) is 18.2 Å². The first-order chi connectivity index (χ1) is 15.5. The van der Waals surface area contributed by atoms with Gasteiger partial charge in [0, 0.05) is 29.3 Å². The van der Waals surface area contributed by atoms with E-state index >= 15 is 0 Å². The summed E-state index contributed by atoms with van der Waals surface area (Å²) in [5.41, 5.74) is 4.76. The lowest BCUT2D eigenvalue weighted by Crippen LogP contribution is -2.15. The van der Waals surface area contributed by atoms with Gasteiger partial charge in [-0.2, -0.15) is 0 Å². The maximum Gasteiger partial charge on any atom is 0.234 e. The highest BCUT2D eigenvalue weighted by atomic mass is 32.2. The molecule has 0 spiro atoms. The fraction of sp³-hybridized carbons (Fsp3) is 0.167. The predicted octanol–water partition coefficient (Wildman–Crippen LogP) is 4.69. The third-order valence-corrected chi connectivity index (χ3v) is 5.82. The number of carbonyl (C=O) groups is 1. The Morgan fingerprint density at radius 3 is 2.47 bits per heavy atom. The number of anilines is 1. The van der Waals surface area contributed by atoms with E-state index in [-0.39, 0.29) is 11.7 Å². The van der Waals surface area contributed by atoms with E-state index in [2.05, 4.69) is 20.5 Å². The Kier molecular flexibility index (Phi) is 6.51. The predicted molar refractivity (Wildman–Crippen MR) is 126 cm³/mol. The van der Waals surface area contributed by atoms with Crippen LogP contribution in [0, 0.1) is 13.8 Å². The van der Waals surface area contributed by atoms with E-state index in [1.807, 2.05) is 73.0 Å². The van der Waals surface area contributed by atoms with Gasteiger partial charge >= 0.3 is 0 Å². The number of amides is 1. The van der Waals surface area contributed by atoms with Gasteiger partial charge in [0.15, 0.2) is 11.0 Å². The van der Waals surface area contributed by atoms with Crippen LogP contribution in [-0.4, -0.2) is 38.5 Å². The highest BCUT2D eigenvalue weighted by molar-refractivity contribution is 7.99. The molecular formula is C24H23N5O2S. The maximum atomic E-state index is 12.6. The van der Waals surface area contributed by atoms with Crippen LogP contribution < -0.4 is 10.1 Å². The van der Waals surface area contributed by atoms with Crippen molar-refractivity contribution in [3.05, 3.63) is 78.1 Å². The van der Waals surface area contributed by atoms with Gasteiger partial charge in [0.05, 0.1) is 12.9 Å². The molecule has 0 unspecified atom stereocenters. The van der Waals surface area contributed by atoms with Crippen LogP contribution in [0.1, 0.15) is 11.1 Å². The van der Waals surface area contributed by atoms with Gasteiger partial charge in [-0.1, -0.05) is 29.5 Å². The lowest BCUT2D eigenvalue weighted by molar-refractivity contribution is -0.113. The van der Waals surface area contributed by atoms with E-state index in [0.717, 1.165) is 33.8 Å². The molecule has 0 aliphatic rings. The van der Waals surface area contributed by atoms with Crippen molar-refractivity contribution in [3.8, 4) is 22.8 Å². The Bertz CT molecular complexity index is 1220. The van der Waals surface area contributed by atoms with Gasteiger partial charge in [0.2, 0.25) is 5.91 Å². The summed E-state index contributed by atoms with van der Waals surface area (Å²) < 4.78 is 7.21. The number of hydrogen-bond acceptors (Lipinski definition) is 6. The lowest BCUT2D eigenvalue weighted by Gasteiger charge is -2.12. The molecule has 7 nitrogen and oxygen atoms in total. The van der Waals surface area contributed by atoms with Crippen LogP contribution in [0.15, 0.2) is 72.1 Å². The molecule has 0 radical (unpaired) electrons. The summed E-state index contributed by atoms with van der Waals surface area (Å²) in [6.45, 7) is 4.01. The van der Waals surface area contributed by atoms with Crippen LogP contribution in [0.2, 0.25) is 0 Å². The van der Waals surface area contributed by atoms with Crippen molar-refractivity contribution in [1.82, 2.24) is 19.7 Å². The molecule has 0 bridgehead atoms. The number of hydrogen-bond donors (Lipinski definition) is 1. The molecule has 8 heteroatoms. The summed E-state index contributed by atoms with van der Waals surface area (Å²) >= 11 is 1.33. The Labute approximate surface area is 190 Å². The minimum absolute atomic E-state index is 0.100. The molecule has 1 N–H and O–H groups in total. The minimum Gasteiger partial charge on any atom is -0.497 e. The van der Waals surface area contributed by atoms with Crippen LogP contribution in [0.5, 0.6) is 5.75 Å². The minimum atomic E-state index is -0.100. The summed E-state index contributed by atoms with van der Waals surface area (Å²) in [7, 11) is 1.63. The average Bonchev–Trinajstić information content (AvgIpc) is 3.24. The highest BCUT2D eigenvalue weighted by Gasteiger charge is 2.17. The zero-order valence-corrected chi connectivity index (χ0v) is 18.9. The van der Waals surface area contributed by atoms with Gasteiger partial charge in [-0.05, 0) is 61.9 Å². The van der Waals surface area contributed by atoms with Gasteiger partial charge in [0.25, 0.3) is 0 Å². The van der Waals surface area contributed by atoms with Gasteiger partial charge < -0.3 is 10.1 Å². The summed E-state index contributed by atoms with van der Waals surface area (Å²) in [5.74, 6) is 1.54. The quantitative estimate of drug-likeness (QED) is 0.416. The van der Waals surface area contributed by atoms with Crippen molar-refractivity contribution >= 4 is 23.4 Å². The lowest BCUT2D eigenvalue weighted by atomic mass is 10.1. The number of benzene rings is 2. The van der Waals surface area contributed by atoms with Crippen LogP contribution in [0.4, 0.5) is 5.69 Å². The second-order valence-electron chi connectivity index (χ2n) is 7.23. The molecule has 0 aliphatic carbocycles. The standard InChI is InChI=1S/C24H23N5O2S/c1-16-4-9-21(17(2)14-16)26-22(30)15-32-24-28-27-23(18-10-12-25-13-11-18)29(24)19-5-7-20(31-3)8-6-19/h4-14H,15H2,1-3H3,(H,26,30). The number of methoxy groups -OCH3 is 1. The molecule has 0 saturated carbocycles. The zero-order chi connectivity index (χ0) is 22.5. The Morgan fingerprint density at radius 1 is 1.03 bits per heavy atom. The van der Waals surface area contributed by atoms with Crippen molar-refractivity contribution in [3.63, 3.8) is 0 Å². The van der Waals surface area contributed by atoms with E-state index < -0.39 is 0 Å². The number of aromatic nitrogens is 4. The zero-order valence-electron chi connectivity index (χ0n) is 18.1. The van der Waals surface area contributed by atoms with Crippen molar-refractivity contribution in [2.24, 2.45) is 0 Å². The highest BCUT2D eigenvalue weighted by Crippen LogP contribution is 2.29. The van der Waals surface area contributed by atoms with Gasteiger partial charge in [-0.15, -0.1) is 10.2 Å². The number of ether oxygens (including phenoxy) is 1. The number of thioether (sulfide) groups is 1. The number of pyridine rings is 1. The first-order valence-electron chi connectivity index (χ1n) is 10.1. The molecule has 32 heavy (non-hydrogen) atoms. The third kappa shape index (κ3) is 4.81. The van der Waals surface area contributed by atoms with Crippen LogP contribution in [0.25, 0.3) is 17.1 Å². The van der Waals surface area contributed by atoms with Crippen molar-refractivity contribution in [2.45, 2.75) is 19.0 Å². The summed E-state index contributed by atoms with van der Waals surface area (Å²) in [6, 6.07) is 17.4. The number of carbonyl (C=O) groups excluding carboxylic acids is 1. The van der Waals surface area contributed by atoms with Gasteiger partial charge in [-0.25, -0.2) is 0 Å². The Morgan fingerprint density at radius 2 is 1.78 bits per heavy atom. The maximum absolute atomic E-state index is 12.6. The van der Waals surface area contributed by atoms with Crippen LogP contribution in [-0.2, 0) is 4.79 Å². The Balaban J connectivity index is 1.59. The first-order valence-corrected chi connectivity index (χ1v) is 11.0. The molecule has 4 aromatic rings. The SMILES string of the molecule is COc1ccc(-n2c(SCC(=O)Nc3ccc(C)cc3C)nnc2-c2ccncc2)cc1. The molecule has 1 amide bonds. The van der Waals surface area contributed by atoms with E-state index in [1.165, 1.54) is 11.8 Å². The number of aryl methyl sites for hydroxylation is 2. The number of nitrogens with one attached hydrogen (secondary N) is 1. The molecule has 0 saturated heterocycles.